The smallest absolute Gasteiger partial charge is 0.291 e. The summed E-state index contributed by atoms with van der Waals surface area (Å²) in [6.45, 7) is 4.22. The Morgan fingerprint density at radius 1 is 1.17 bits per heavy atom. The van der Waals surface area contributed by atoms with Crippen LogP contribution in [0.4, 0.5) is 13.2 Å². The van der Waals surface area contributed by atoms with Crippen molar-refractivity contribution < 1.29 is 18.0 Å². The summed E-state index contributed by atoms with van der Waals surface area (Å²) in [5.74, 6) is -3.77. The number of rotatable bonds is 4. The van der Waals surface area contributed by atoms with Gasteiger partial charge in [-0.15, -0.1) is 0 Å². The van der Waals surface area contributed by atoms with Crippen molar-refractivity contribution in [3.63, 3.8) is 0 Å². The van der Waals surface area contributed by atoms with E-state index >= 15 is 0 Å². The van der Waals surface area contributed by atoms with Crippen LogP contribution in [0.3, 0.4) is 0 Å². The first kappa shape index (κ1) is 22.8. The lowest BCUT2D eigenvalue weighted by molar-refractivity contribution is 0.0661. The molecule has 0 aliphatic carbocycles. The number of halogens is 3. The van der Waals surface area contributed by atoms with Crippen molar-refractivity contribution >= 4 is 5.91 Å². The van der Waals surface area contributed by atoms with Crippen molar-refractivity contribution in [1.82, 2.24) is 29.9 Å². The second-order valence-corrected chi connectivity index (χ2v) is 8.53. The average Bonchev–Trinajstić information content (AvgIpc) is 3.47. The zero-order valence-electron chi connectivity index (χ0n) is 19.4. The molecule has 2 aromatic heterocycles. The van der Waals surface area contributed by atoms with Crippen LogP contribution in [0.1, 0.15) is 47.3 Å². The fourth-order valence-corrected chi connectivity index (χ4v) is 4.74. The number of aromatic amines is 1. The summed E-state index contributed by atoms with van der Waals surface area (Å²) in [4.78, 5) is 19.4. The SMILES string of the molecule is CCc1ccccc1-c1n[nH]c(C(=O)N2CCc3c(nn(C)c3-c3cc(F)c(F)c(F)c3)[C@@H]2C)n1. The summed E-state index contributed by atoms with van der Waals surface area (Å²) in [6, 6.07) is 9.27. The van der Waals surface area contributed by atoms with Crippen molar-refractivity contribution in [2.45, 2.75) is 32.7 Å². The molecular weight excluding hydrogens is 457 g/mol. The lowest BCUT2D eigenvalue weighted by Crippen LogP contribution is -2.39. The second-order valence-electron chi connectivity index (χ2n) is 8.53. The molecule has 35 heavy (non-hydrogen) atoms. The second kappa shape index (κ2) is 8.68. The number of carbonyl (C=O) groups is 1. The van der Waals surface area contributed by atoms with Gasteiger partial charge in [0.1, 0.15) is 0 Å². The number of H-pyrrole nitrogens is 1. The van der Waals surface area contributed by atoms with Gasteiger partial charge in [-0.1, -0.05) is 31.2 Å². The molecule has 0 radical (unpaired) electrons. The van der Waals surface area contributed by atoms with Crippen LogP contribution in [-0.2, 0) is 19.9 Å². The third kappa shape index (κ3) is 3.78. The predicted octanol–water partition coefficient (Wildman–Crippen LogP) is 4.61. The van der Waals surface area contributed by atoms with E-state index in [0.29, 0.717) is 30.2 Å². The van der Waals surface area contributed by atoms with Gasteiger partial charge in [0.05, 0.1) is 17.4 Å². The van der Waals surface area contributed by atoms with Gasteiger partial charge in [0.2, 0.25) is 5.82 Å². The molecule has 4 aromatic rings. The van der Waals surface area contributed by atoms with Crippen molar-refractivity contribution in [1.29, 1.82) is 0 Å². The number of fused-ring (bicyclic) bond motifs is 1. The Morgan fingerprint density at radius 3 is 2.60 bits per heavy atom. The Kier molecular flexibility index (Phi) is 5.66. The summed E-state index contributed by atoms with van der Waals surface area (Å²) in [5, 5.41) is 11.5. The van der Waals surface area contributed by atoms with Gasteiger partial charge in [-0.2, -0.15) is 10.2 Å². The zero-order valence-corrected chi connectivity index (χ0v) is 19.4. The Hall–Kier alpha value is -3.95. The number of hydrogen-bond donors (Lipinski definition) is 1. The lowest BCUT2D eigenvalue weighted by Gasteiger charge is -2.32. The van der Waals surface area contributed by atoms with Crippen molar-refractivity contribution in [2.75, 3.05) is 6.54 Å². The molecule has 2 aromatic carbocycles. The maximum absolute atomic E-state index is 13.9. The molecule has 0 spiro atoms. The van der Waals surface area contributed by atoms with Gasteiger partial charge in [-0.25, -0.2) is 18.2 Å². The molecule has 1 amide bonds. The minimum absolute atomic E-state index is 0.125. The van der Waals surface area contributed by atoms with E-state index in [-0.39, 0.29) is 17.3 Å². The first-order valence-corrected chi connectivity index (χ1v) is 11.3. The zero-order chi connectivity index (χ0) is 24.9. The molecule has 7 nitrogen and oxygen atoms in total. The third-order valence-corrected chi connectivity index (χ3v) is 6.49. The molecule has 1 aliphatic rings. The Bertz CT molecular complexity index is 1420. The quantitative estimate of drug-likeness (QED) is 0.433. The maximum atomic E-state index is 13.9. The molecule has 0 unspecified atom stereocenters. The first-order valence-electron chi connectivity index (χ1n) is 11.3. The molecule has 10 heteroatoms. The number of aryl methyl sites for hydroxylation is 2. The monoisotopic (exact) mass is 480 g/mol. The minimum Gasteiger partial charge on any atom is -0.327 e. The summed E-state index contributed by atoms with van der Waals surface area (Å²) < 4.78 is 42.8. The van der Waals surface area contributed by atoms with Gasteiger partial charge in [0, 0.05) is 30.3 Å². The maximum Gasteiger partial charge on any atom is 0.291 e. The number of hydrogen-bond acceptors (Lipinski definition) is 4. The Balaban J connectivity index is 1.45. The van der Waals surface area contributed by atoms with Crippen molar-refractivity contribution in [2.24, 2.45) is 7.05 Å². The van der Waals surface area contributed by atoms with Crippen LogP contribution in [-0.4, -0.2) is 42.3 Å². The number of aromatic nitrogens is 5. The third-order valence-electron chi connectivity index (χ3n) is 6.49. The van der Waals surface area contributed by atoms with Gasteiger partial charge in [0.15, 0.2) is 23.3 Å². The minimum atomic E-state index is -1.51. The number of nitrogens with zero attached hydrogens (tertiary/aromatic N) is 5. The summed E-state index contributed by atoms with van der Waals surface area (Å²) in [7, 11) is 1.65. The van der Waals surface area contributed by atoms with E-state index < -0.39 is 23.5 Å². The largest absolute Gasteiger partial charge is 0.327 e. The fraction of sp³-hybridized carbons (Fsp3) is 0.280. The van der Waals surface area contributed by atoms with Crippen LogP contribution in [0.2, 0.25) is 0 Å². The fourth-order valence-electron chi connectivity index (χ4n) is 4.74. The van der Waals surface area contributed by atoms with Crippen LogP contribution < -0.4 is 0 Å². The highest BCUT2D eigenvalue weighted by Crippen LogP contribution is 2.36. The number of nitrogens with one attached hydrogen (secondary N) is 1. The molecule has 3 heterocycles. The average molecular weight is 480 g/mol. The predicted molar refractivity (Wildman–Crippen MR) is 123 cm³/mol. The van der Waals surface area contributed by atoms with Crippen LogP contribution >= 0.6 is 0 Å². The van der Waals surface area contributed by atoms with Crippen LogP contribution in [0.5, 0.6) is 0 Å². The molecule has 5 rings (SSSR count). The first-order chi connectivity index (χ1) is 16.8. The van der Waals surface area contributed by atoms with Crippen molar-refractivity contribution in [3.8, 4) is 22.6 Å². The molecule has 0 bridgehead atoms. The van der Waals surface area contributed by atoms with Crippen molar-refractivity contribution in [3.05, 3.63) is 76.5 Å². The van der Waals surface area contributed by atoms with Crippen LogP contribution in [0.25, 0.3) is 22.6 Å². The number of carbonyl (C=O) groups excluding carboxylic acids is 1. The topological polar surface area (TPSA) is 79.7 Å². The standard InChI is InChI=1S/C25H23F3N6O/c1-4-14-7-5-6-8-16(14)23-29-24(31-30-23)25(35)34-10-9-17-21(13(34)2)32-33(3)22(17)15-11-18(26)20(28)19(27)12-15/h5-8,11-13H,4,9-10H2,1-3H3,(H,29,30,31)/t13-/m0/s1. The van der Waals surface area contributed by atoms with E-state index in [1.807, 2.05) is 38.1 Å². The molecule has 0 fully saturated rings. The molecule has 180 valence electrons. The van der Waals surface area contributed by atoms with Gasteiger partial charge in [-0.05, 0) is 37.5 Å². The van der Waals surface area contributed by atoms with Gasteiger partial charge >= 0.3 is 0 Å². The Morgan fingerprint density at radius 2 is 1.89 bits per heavy atom. The molecule has 0 saturated heterocycles. The summed E-state index contributed by atoms with van der Waals surface area (Å²) in [6.07, 6.45) is 1.22. The molecular formula is C25H23F3N6O. The Labute approximate surface area is 199 Å². The van der Waals surface area contributed by atoms with Crippen LogP contribution in [0.15, 0.2) is 36.4 Å². The van der Waals surface area contributed by atoms with E-state index in [2.05, 4.69) is 20.3 Å². The van der Waals surface area contributed by atoms with E-state index in [1.165, 1.54) is 4.68 Å². The summed E-state index contributed by atoms with van der Waals surface area (Å²) in [5.41, 5.74) is 4.02. The number of amides is 1. The van der Waals surface area contributed by atoms with E-state index in [1.54, 1.807) is 11.9 Å². The van der Waals surface area contributed by atoms with E-state index in [0.717, 1.165) is 35.2 Å². The number of benzene rings is 2. The van der Waals surface area contributed by atoms with Crippen LogP contribution in [0, 0.1) is 17.5 Å². The van der Waals surface area contributed by atoms with Gasteiger partial charge in [0.25, 0.3) is 5.91 Å². The summed E-state index contributed by atoms with van der Waals surface area (Å²) >= 11 is 0. The lowest BCUT2D eigenvalue weighted by atomic mass is 9.95. The molecule has 1 aliphatic heterocycles. The molecule has 0 saturated carbocycles. The van der Waals surface area contributed by atoms with Gasteiger partial charge < -0.3 is 4.90 Å². The van der Waals surface area contributed by atoms with E-state index in [4.69, 9.17) is 0 Å². The van der Waals surface area contributed by atoms with E-state index in [9.17, 15) is 18.0 Å². The van der Waals surface area contributed by atoms with Gasteiger partial charge in [-0.3, -0.25) is 14.6 Å². The highest BCUT2D eigenvalue weighted by Gasteiger charge is 2.35. The highest BCUT2D eigenvalue weighted by atomic mass is 19.2. The molecule has 1 atom stereocenters. The highest BCUT2D eigenvalue weighted by molar-refractivity contribution is 5.91. The normalized spacial score (nSPS) is 15.4. The molecule has 1 N–H and O–H groups in total.